The number of nitrogens with two attached hydrogens (primary N) is 1. The van der Waals surface area contributed by atoms with E-state index in [1.807, 2.05) is 0 Å². The van der Waals surface area contributed by atoms with Crippen LogP contribution >= 0.6 is 15.9 Å². The molecule has 2 aromatic rings. The van der Waals surface area contributed by atoms with Crippen molar-refractivity contribution < 1.29 is 8.42 Å². The standard InChI is InChI=1S/C12H15BrN6O2S/c1-7-16-12-9(3-2-4-19(12)17-7)18-22(20,21)10-5-8(13)6-15-11(10)14/h5-6,9,18H,2-4H2,1H3,(H2,14,15)/t9-/m0/s1. The molecular formula is C12H15BrN6O2S. The number of hydrogen-bond acceptors (Lipinski definition) is 6. The molecule has 8 nitrogen and oxygen atoms in total. The van der Waals surface area contributed by atoms with Gasteiger partial charge in [0.2, 0.25) is 10.0 Å². The van der Waals surface area contributed by atoms with Crippen LogP contribution in [0.15, 0.2) is 21.6 Å². The second-order valence-electron chi connectivity index (χ2n) is 5.09. The van der Waals surface area contributed by atoms with Gasteiger partial charge in [0, 0.05) is 17.2 Å². The largest absolute Gasteiger partial charge is 0.383 e. The molecule has 2 aromatic heterocycles. The van der Waals surface area contributed by atoms with Crippen molar-refractivity contribution in [2.45, 2.75) is 37.2 Å². The second kappa shape index (κ2) is 5.60. The molecule has 1 atom stereocenters. The normalized spacial score (nSPS) is 18.2. The fraction of sp³-hybridized carbons (Fsp3) is 0.417. The molecule has 0 saturated heterocycles. The van der Waals surface area contributed by atoms with Crippen molar-refractivity contribution in [3.05, 3.63) is 28.4 Å². The number of halogens is 1. The molecule has 3 N–H and O–H groups in total. The lowest BCUT2D eigenvalue weighted by molar-refractivity contribution is 0.399. The van der Waals surface area contributed by atoms with Gasteiger partial charge in [-0.25, -0.2) is 27.8 Å². The third kappa shape index (κ3) is 2.85. The zero-order valence-corrected chi connectivity index (χ0v) is 14.2. The number of rotatable bonds is 3. The Morgan fingerprint density at radius 2 is 2.27 bits per heavy atom. The minimum absolute atomic E-state index is 0.0378. The van der Waals surface area contributed by atoms with Crippen molar-refractivity contribution in [2.24, 2.45) is 0 Å². The van der Waals surface area contributed by atoms with E-state index in [1.165, 1.54) is 12.3 Å². The van der Waals surface area contributed by atoms with Gasteiger partial charge in [-0.15, -0.1) is 0 Å². The monoisotopic (exact) mass is 386 g/mol. The second-order valence-corrected chi connectivity index (χ2v) is 7.69. The van der Waals surface area contributed by atoms with Crippen LogP contribution in [0.1, 0.15) is 30.5 Å². The Balaban J connectivity index is 1.94. The van der Waals surface area contributed by atoms with Gasteiger partial charge in [-0.3, -0.25) is 0 Å². The zero-order valence-electron chi connectivity index (χ0n) is 11.8. The molecule has 0 amide bonds. The number of fused-ring (bicyclic) bond motifs is 1. The molecule has 0 saturated carbocycles. The van der Waals surface area contributed by atoms with Crippen LogP contribution in [0, 0.1) is 6.92 Å². The summed E-state index contributed by atoms with van der Waals surface area (Å²) in [6, 6.07) is 1.02. The van der Waals surface area contributed by atoms with Gasteiger partial charge in [-0.2, -0.15) is 5.10 Å². The Bertz CT molecular complexity index is 819. The van der Waals surface area contributed by atoms with Crippen molar-refractivity contribution in [3.63, 3.8) is 0 Å². The molecule has 22 heavy (non-hydrogen) atoms. The fourth-order valence-corrected chi connectivity index (χ4v) is 4.30. The van der Waals surface area contributed by atoms with Crippen molar-refractivity contribution in [1.29, 1.82) is 0 Å². The fourth-order valence-electron chi connectivity index (χ4n) is 2.48. The maximum atomic E-state index is 12.6. The highest BCUT2D eigenvalue weighted by Crippen LogP contribution is 2.27. The van der Waals surface area contributed by atoms with Crippen LogP contribution in [0.4, 0.5) is 5.82 Å². The van der Waals surface area contributed by atoms with E-state index < -0.39 is 16.1 Å². The van der Waals surface area contributed by atoms with Crippen LogP contribution < -0.4 is 10.5 Å². The quantitative estimate of drug-likeness (QED) is 0.816. The van der Waals surface area contributed by atoms with Gasteiger partial charge in [-0.1, -0.05) is 0 Å². The van der Waals surface area contributed by atoms with E-state index in [2.05, 4.69) is 35.7 Å². The van der Waals surface area contributed by atoms with Gasteiger partial charge < -0.3 is 5.73 Å². The van der Waals surface area contributed by atoms with E-state index in [1.54, 1.807) is 11.6 Å². The Kier molecular flexibility index (Phi) is 3.91. The predicted molar refractivity (Wildman–Crippen MR) is 83.4 cm³/mol. The number of pyridine rings is 1. The summed E-state index contributed by atoms with van der Waals surface area (Å²) in [5.41, 5.74) is 5.70. The number of anilines is 1. The molecule has 0 spiro atoms. The van der Waals surface area contributed by atoms with E-state index in [-0.39, 0.29) is 10.7 Å². The summed E-state index contributed by atoms with van der Waals surface area (Å²) < 4.78 is 30.1. The number of nitrogen functional groups attached to an aromatic ring is 1. The maximum absolute atomic E-state index is 12.6. The lowest BCUT2D eigenvalue weighted by Gasteiger charge is -2.23. The predicted octanol–water partition coefficient (Wildman–Crippen LogP) is 1.14. The van der Waals surface area contributed by atoms with Crippen LogP contribution in [0.5, 0.6) is 0 Å². The van der Waals surface area contributed by atoms with Gasteiger partial charge in [-0.05, 0) is 41.8 Å². The van der Waals surface area contributed by atoms with Crippen molar-refractivity contribution in [3.8, 4) is 0 Å². The van der Waals surface area contributed by atoms with Crippen LogP contribution in [-0.4, -0.2) is 28.2 Å². The first kappa shape index (κ1) is 15.4. The SMILES string of the molecule is Cc1nc2n(n1)CCC[C@@H]2NS(=O)(=O)c1cc(Br)cnc1N. The number of nitrogens with one attached hydrogen (secondary N) is 1. The first-order valence-electron chi connectivity index (χ1n) is 6.71. The average Bonchev–Trinajstić information content (AvgIpc) is 2.82. The number of nitrogens with zero attached hydrogens (tertiary/aromatic N) is 4. The van der Waals surface area contributed by atoms with E-state index in [4.69, 9.17) is 5.73 Å². The molecule has 3 rings (SSSR count). The Morgan fingerprint density at radius 1 is 1.50 bits per heavy atom. The molecule has 0 aliphatic carbocycles. The maximum Gasteiger partial charge on any atom is 0.244 e. The number of aromatic nitrogens is 4. The molecule has 3 heterocycles. The smallest absolute Gasteiger partial charge is 0.244 e. The van der Waals surface area contributed by atoms with Crippen LogP contribution in [0.25, 0.3) is 0 Å². The average molecular weight is 387 g/mol. The molecule has 0 fully saturated rings. The van der Waals surface area contributed by atoms with Gasteiger partial charge in [0.15, 0.2) is 0 Å². The minimum Gasteiger partial charge on any atom is -0.383 e. The van der Waals surface area contributed by atoms with E-state index in [0.717, 1.165) is 13.0 Å². The van der Waals surface area contributed by atoms with E-state index in [0.29, 0.717) is 22.5 Å². The molecule has 118 valence electrons. The molecule has 1 aliphatic rings. The molecular weight excluding hydrogens is 372 g/mol. The van der Waals surface area contributed by atoms with E-state index >= 15 is 0 Å². The minimum atomic E-state index is -3.80. The summed E-state index contributed by atoms with van der Waals surface area (Å²) in [6.07, 6.45) is 2.95. The summed E-state index contributed by atoms with van der Waals surface area (Å²) >= 11 is 3.21. The summed E-state index contributed by atoms with van der Waals surface area (Å²) in [7, 11) is -3.80. The molecule has 0 radical (unpaired) electrons. The van der Waals surface area contributed by atoms with Crippen LogP contribution in [-0.2, 0) is 16.6 Å². The Hall–Kier alpha value is -1.52. The van der Waals surface area contributed by atoms with Gasteiger partial charge in [0.05, 0.1) is 6.04 Å². The molecule has 10 heteroatoms. The van der Waals surface area contributed by atoms with Crippen LogP contribution in [0.2, 0.25) is 0 Å². The number of sulfonamides is 1. The summed E-state index contributed by atoms with van der Waals surface area (Å²) in [4.78, 5) is 8.14. The molecule has 0 aromatic carbocycles. The summed E-state index contributed by atoms with van der Waals surface area (Å²) in [5.74, 6) is 1.22. The summed E-state index contributed by atoms with van der Waals surface area (Å²) in [6.45, 7) is 2.53. The van der Waals surface area contributed by atoms with Gasteiger partial charge >= 0.3 is 0 Å². The van der Waals surface area contributed by atoms with Gasteiger partial charge in [0.1, 0.15) is 22.4 Å². The third-order valence-electron chi connectivity index (χ3n) is 3.42. The molecule has 0 bridgehead atoms. The lowest BCUT2D eigenvalue weighted by atomic mass is 10.1. The Morgan fingerprint density at radius 3 is 3.05 bits per heavy atom. The van der Waals surface area contributed by atoms with Crippen molar-refractivity contribution >= 4 is 31.8 Å². The Labute approximate surface area is 136 Å². The topological polar surface area (TPSA) is 116 Å². The van der Waals surface area contributed by atoms with E-state index in [9.17, 15) is 8.42 Å². The molecule has 0 unspecified atom stereocenters. The lowest BCUT2D eigenvalue weighted by Crippen LogP contribution is -2.33. The number of hydrogen-bond donors (Lipinski definition) is 2. The highest BCUT2D eigenvalue weighted by atomic mass is 79.9. The summed E-state index contributed by atoms with van der Waals surface area (Å²) in [5, 5.41) is 4.26. The highest BCUT2D eigenvalue weighted by molar-refractivity contribution is 9.10. The molecule has 1 aliphatic heterocycles. The van der Waals surface area contributed by atoms with Crippen molar-refractivity contribution in [1.82, 2.24) is 24.5 Å². The first-order valence-corrected chi connectivity index (χ1v) is 8.99. The highest BCUT2D eigenvalue weighted by Gasteiger charge is 2.29. The third-order valence-corrected chi connectivity index (χ3v) is 5.35. The van der Waals surface area contributed by atoms with Crippen LogP contribution in [0.3, 0.4) is 0 Å². The first-order chi connectivity index (χ1) is 10.4. The zero-order chi connectivity index (χ0) is 15.9. The number of aryl methyl sites for hydroxylation is 2. The van der Waals surface area contributed by atoms with Crippen molar-refractivity contribution in [2.75, 3.05) is 5.73 Å². The van der Waals surface area contributed by atoms with Gasteiger partial charge in [0.25, 0.3) is 0 Å².